The molecule has 0 fully saturated rings. The Labute approximate surface area is 148 Å². The normalized spacial score (nSPS) is 11.4. The highest BCUT2D eigenvalue weighted by molar-refractivity contribution is 7.92. The molecule has 0 saturated heterocycles. The maximum Gasteiger partial charge on any atom is 0.261 e. The molecule has 0 saturated carbocycles. The molecule has 0 aromatic heterocycles. The Kier molecular flexibility index (Phi) is 5.65. The van der Waals surface area contributed by atoms with Crippen LogP contribution in [-0.4, -0.2) is 8.42 Å². The third kappa shape index (κ3) is 4.60. The van der Waals surface area contributed by atoms with Crippen LogP contribution >= 0.6 is 11.6 Å². The first-order chi connectivity index (χ1) is 11.3. The van der Waals surface area contributed by atoms with E-state index in [1.54, 1.807) is 60.7 Å². The molecule has 0 atom stereocenters. The molecule has 1 N–H and O–H groups in total. The lowest BCUT2D eigenvalue weighted by Gasteiger charge is -2.11. The molecule has 0 radical (unpaired) electrons. The summed E-state index contributed by atoms with van der Waals surface area (Å²) in [4.78, 5) is 0.202. The van der Waals surface area contributed by atoms with E-state index in [4.69, 9.17) is 11.6 Å². The molecule has 0 heterocycles. The molecule has 124 valence electrons. The predicted molar refractivity (Wildman–Crippen MR) is 102 cm³/mol. The Morgan fingerprint density at radius 1 is 1.17 bits per heavy atom. The largest absolute Gasteiger partial charge is 0.279 e. The first-order valence-corrected chi connectivity index (χ1v) is 9.06. The number of benzene rings is 2. The molecule has 24 heavy (non-hydrogen) atoms. The maximum atomic E-state index is 12.5. The fourth-order valence-electron chi connectivity index (χ4n) is 1.95. The van der Waals surface area contributed by atoms with Crippen molar-refractivity contribution in [2.24, 2.45) is 0 Å². The minimum Gasteiger partial charge on any atom is -0.279 e. The van der Waals surface area contributed by atoms with Gasteiger partial charge in [-0.3, -0.25) is 4.72 Å². The third-order valence-corrected chi connectivity index (χ3v) is 4.94. The number of hydrogen-bond donors (Lipinski definition) is 1. The van der Waals surface area contributed by atoms with Gasteiger partial charge in [-0.05, 0) is 42.8 Å². The molecule has 0 spiro atoms. The van der Waals surface area contributed by atoms with Gasteiger partial charge in [0.1, 0.15) is 0 Å². The van der Waals surface area contributed by atoms with Crippen molar-refractivity contribution in [2.75, 3.05) is 4.72 Å². The zero-order chi connectivity index (χ0) is 17.7. The summed E-state index contributed by atoms with van der Waals surface area (Å²) in [5.41, 5.74) is 2.78. The number of halogens is 1. The number of rotatable bonds is 6. The van der Waals surface area contributed by atoms with Gasteiger partial charge in [-0.2, -0.15) is 0 Å². The number of anilines is 1. The van der Waals surface area contributed by atoms with E-state index in [0.717, 1.165) is 5.56 Å². The number of hydrogen-bond acceptors (Lipinski definition) is 2. The van der Waals surface area contributed by atoms with E-state index in [1.165, 1.54) is 0 Å². The zero-order valence-electron chi connectivity index (χ0n) is 13.3. The summed E-state index contributed by atoms with van der Waals surface area (Å²) in [6, 6.07) is 11.6. The van der Waals surface area contributed by atoms with Crippen LogP contribution in [0.3, 0.4) is 0 Å². The monoisotopic (exact) mass is 359 g/mol. The molecule has 0 bridgehead atoms. The van der Waals surface area contributed by atoms with Crippen LogP contribution in [0.15, 0.2) is 78.2 Å². The van der Waals surface area contributed by atoms with Crippen molar-refractivity contribution in [1.29, 1.82) is 0 Å². The van der Waals surface area contributed by atoms with Crippen LogP contribution in [0.4, 0.5) is 5.69 Å². The molecule has 2 rings (SSSR count). The summed E-state index contributed by atoms with van der Waals surface area (Å²) < 4.78 is 27.7. The van der Waals surface area contributed by atoms with Crippen molar-refractivity contribution in [2.45, 2.75) is 11.8 Å². The molecular weight excluding hydrogens is 342 g/mol. The highest BCUT2D eigenvalue weighted by Gasteiger charge is 2.15. The smallest absolute Gasteiger partial charge is 0.261 e. The molecule has 0 amide bonds. The van der Waals surface area contributed by atoms with Crippen molar-refractivity contribution >= 4 is 33.4 Å². The van der Waals surface area contributed by atoms with Gasteiger partial charge in [0, 0.05) is 10.6 Å². The highest BCUT2D eigenvalue weighted by Crippen LogP contribution is 2.25. The fraction of sp³-hybridized carbons (Fsp3) is 0.0526. The Balaban J connectivity index is 2.38. The lowest BCUT2D eigenvalue weighted by Crippen LogP contribution is -2.13. The Morgan fingerprint density at radius 3 is 2.46 bits per heavy atom. The third-order valence-electron chi connectivity index (χ3n) is 3.33. The minimum atomic E-state index is -3.68. The Bertz CT molecular complexity index is 897. The van der Waals surface area contributed by atoms with Gasteiger partial charge in [-0.15, -0.1) is 0 Å². The van der Waals surface area contributed by atoms with Crippen molar-refractivity contribution in [3.05, 3.63) is 89.5 Å². The van der Waals surface area contributed by atoms with Crippen LogP contribution in [0, 0.1) is 6.92 Å². The van der Waals surface area contributed by atoms with Crippen LogP contribution in [0.25, 0.3) is 6.08 Å². The molecule has 2 aromatic carbocycles. The van der Waals surface area contributed by atoms with Crippen molar-refractivity contribution in [3.63, 3.8) is 0 Å². The standard InChI is InChI=1S/C19H18ClNO2S/c1-4-14(2)5-8-16-13-17(20)9-12-19(16)21-24(22,23)18-10-6-15(3)7-11-18/h4-13,21H,1-2H2,3H3/b8-5-. The van der Waals surface area contributed by atoms with Gasteiger partial charge in [0.2, 0.25) is 0 Å². The van der Waals surface area contributed by atoms with Gasteiger partial charge in [-0.25, -0.2) is 8.42 Å². The van der Waals surface area contributed by atoms with E-state index in [-0.39, 0.29) is 4.90 Å². The van der Waals surface area contributed by atoms with Crippen LogP contribution in [0.5, 0.6) is 0 Å². The summed E-state index contributed by atoms with van der Waals surface area (Å²) in [5.74, 6) is 0. The first-order valence-electron chi connectivity index (χ1n) is 7.20. The Hall–Kier alpha value is -2.30. The molecule has 0 aliphatic rings. The second-order valence-electron chi connectivity index (χ2n) is 5.26. The van der Waals surface area contributed by atoms with E-state index >= 15 is 0 Å². The van der Waals surface area contributed by atoms with E-state index in [9.17, 15) is 8.42 Å². The van der Waals surface area contributed by atoms with Crippen molar-refractivity contribution in [3.8, 4) is 0 Å². The summed E-state index contributed by atoms with van der Waals surface area (Å²) in [5, 5.41) is 0.511. The van der Waals surface area contributed by atoms with E-state index < -0.39 is 10.0 Å². The molecular formula is C19H18ClNO2S. The molecule has 5 heteroatoms. The molecule has 0 unspecified atom stereocenters. The number of nitrogens with one attached hydrogen (secondary N) is 1. The van der Waals surface area contributed by atoms with Crippen LogP contribution < -0.4 is 4.72 Å². The maximum absolute atomic E-state index is 12.5. The van der Waals surface area contributed by atoms with Gasteiger partial charge >= 0.3 is 0 Å². The van der Waals surface area contributed by atoms with Crippen LogP contribution in [0.2, 0.25) is 5.02 Å². The highest BCUT2D eigenvalue weighted by atomic mass is 35.5. The number of aryl methyl sites for hydroxylation is 1. The molecule has 0 aliphatic carbocycles. The second kappa shape index (κ2) is 7.51. The van der Waals surface area contributed by atoms with Gasteiger partial charge in [-0.1, -0.05) is 60.7 Å². The summed E-state index contributed by atoms with van der Waals surface area (Å²) in [6.45, 7) is 9.33. The van der Waals surface area contributed by atoms with Gasteiger partial charge in [0.15, 0.2) is 0 Å². The lowest BCUT2D eigenvalue weighted by atomic mass is 10.1. The van der Waals surface area contributed by atoms with Crippen LogP contribution in [-0.2, 0) is 10.0 Å². The average Bonchev–Trinajstić information content (AvgIpc) is 2.55. The average molecular weight is 360 g/mol. The molecule has 3 nitrogen and oxygen atoms in total. The van der Waals surface area contributed by atoms with Gasteiger partial charge in [0.25, 0.3) is 10.0 Å². The summed E-state index contributed by atoms with van der Waals surface area (Å²) in [7, 11) is -3.68. The first kappa shape index (κ1) is 18.0. The number of allylic oxidation sites excluding steroid dienone is 3. The van der Waals surface area contributed by atoms with E-state index in [1.807, 2.05) is 6.92 Å². The van der Waals surface area contributed by atoms with E-state index in [2.05, 4.69) is 17.9 Å². The second-order valence-corrected chi connectivity index (χ2v) is 7.38. The topological polar surface area (TPSA) is 46.2 Å². The predicted octanol–water partition coefficient (Wildman–Crippen LogP) is 5.20. The quantitative estimate of drug-likeness (QED) is 0.720. The summed E-state index contributed by atoms with van der Waals surface area (Å²) in [6.07, 6.45) is 5.09. The van der Waals surface area contributed by atoms with Gasteiger partial charge < -0.3 is 0 Å². The SMILES string of the molecule is C=CC(=C)/C=C\c1cc(Cl)ccc1NS(=O)(=O)c1ccc(C)cc1. The van der Waals surface area contributed by atoms with Crippen molar-refractivity contribution in [1.82, 2.24) is 0 Å². The summed E-state index contributed by atoms with van der Waals surface area (Å²) >= 11 is 6.02. The molecule has 0 aliphatic heterocycles. The fourth-order valence-corrected chi connectivity index (χ4v) is 3.22. The molecule has 2 aromatic rings. The van der Waals surface area contributed by atoms with Crippen molar-refractivity contribution < 1.29 is 8.42 Å². The Morgan fingerprint density at radius 2 is 1.83 bits per heavy atom. The lowest BCUT2D eigenvalue weighted by molar-refractivity contribution is 0.601. The minimum absolute atomic E-state index is 0.202. The zero-order valence-corrected chi connectivity index (χ0v) is 14.9. The van der Waals surface area contributed by atoms with E-state index in [0.29, 0.717) is 21.8 Å². The number of sulfonamides is 1. The van der Waals surface area contributed by atoms with Crippen LogP contribution in [0.1, 0.15) is 11.1 Å². The van der Waals surface area contributed by atoms with Gasteiger partial charge in [0.05, 0.1) is 10.6 Å².